The highest BCUT2D eigenvalue weighted by Crippen LogP contribution is 2.24. The lowest BCUT2D eigenvalue weighted by molar-refractivity contribution is -0.129. The van der Waals surface area contributed by atoms with Gasteiger partial charge in [-0.3, -0.25) is 4.79 Å². The molecule has 4 heteroatoms. The molecule has 0 radical (unpaired) electrons. The summed E-state index contributed by atoms with van der Waals surface area (Å²) in [6.07, 6.45) is 4.74. The van der Waals surface area contributed by atoms with E-state index in [4.69, 9.17) is 0 Å². The number of nitrogens with zero attached hydrogens (tertiary/aromatic N) is 3. The lowest BCUT2D eigenvalue weighted by Gasteiger charge is -2.24. The quantitative estimate of drug-likeness (QED) is 0.794. The maximum Gasteiger partial charge on any atom is 0.222 e. The highest BCUT2D eigenvalue weighted by atomic mass is 16.2. The molecule has 3 heterocycles. The predicted octanol–water partition coefficient (Wildman–Crippen LogP) is 1.59. The number of likely N-dealkylation sites (tertiary alicyclic amines) is 1. The average Bonchev–Trinajstić information content (AvgIpc) is 2.98. The molecule has 0 N–H and O–H groups in total. The zero-order valence-corrected chi connectivity index (χ0v) is 10.8. The van der Waals surface area contributed by atoms with Crippen molar-refractivity contribution >= 4 is 11.7 Å². The van der Waals surface area contributed by atoms with Crippen LogP contribution in [0.25, 0.3) is 0 Å². The fourth-order valence-corrected chi connectivity index (χ4v) is 2.91. The normalized spacial score (nSPS) is 24.1. The van der Waals surface area contributed by atoms with Crippen LogP contribution in [0.4, 0.5) is 5.82 Å². The third-order valence-corrected chi connectivity index (χ3v) is 3.93. The number of rotatable bonds is 2. The molecular weight excluding hydrogens is 226 g/mol. The molecule has 1 aromatic heterocycles. The summed E-state index contributed by atoms with van der Waals surface area (Å²) in [6.45, 7) is 4.93. The van der Waals surface area contributed by atoms with Gasteiger partial charge in [0.15, 0.2) is 0 Å². The van der Waals surface area contributed by atoms with E-state index in [0.29, 0.717) is 11.9 Å². The molecule has 1 aromatic rings. The highest BCUT2D eigenvalue weighted by Gasteiger charge is 2.33. The van der Waals surface area contributed by atoms with Crippen molar-refractivity contribution in [1.29, 1.82) is 0 Å². The first-order valence-corrected chi connectivity index (χ1v) is 6.71. The van der Waals surface area contributed by atoms with E-state index >= 15 is 0 Å². The van der Waals surface area contributed by atoms with E-state index in [0.717, 1.165) is 44.7 Å². The summed E-state index contributed by atoms with van der Waals surface area (Å²) in [4.78, 5) is 20.6. The minimum Gasteiger partial charge on any atom is -0.354 e. The number of hydrogen-bond donors (Lipinski definition) is 0. The first-order chi connectivity index (χ1) is 8.74. The zero-order chi connectivity index (χ0) is 12.5. The molecular formula is C14H19N3O. The molecule has 1 amide bonds. The van der Waals surface area contributed by atoms with Crippen molar-refractivity contribution in [2.24, 2.45) is 0 Å². The molecule has 0 aliphatic carbocycles. The Morgan fingerprint density at radius 2 is 2.22 bits per heavy atom. The number of anilines is 1. The second-order valence-corrected chi connectivity index (χ2v) is 5.27. The standard InChI is InChI=1S/C14H19N3O/c1-11-4-5-13(15-9-11)16-8-6-12(10-16)17-7-2-3-14(17)18/h4-5,9,12H,2-3,6-8,10H2,1H3. The number of carbonyl (C=O) groups excluding carboxylic acids is 1. The summed E-state index contributed by atoms with van der Waals surface area (Å²) in [5.74, 6) is 1.37. The molecule has 0 spiro atoms. The number of hydrogen-bond acceptors (Lipinski definition) is 3. The Kier molecular flexibility index (Phi) is 2.94. The molecule has 0 aromatic carbocycles. The van der Waals surface area contributed by atoms with Gasteiger partial charge < -0.3 is 9.80 Å². The van der Waals surface area contributed by atoms with Crippen LogP contribution in [0.3, 0.4) is 0 Å². The van der Waals surface area contributed by atoms with Gasteiger partial charge in [-0.05, 0) is 31.4 Å². The predicted molar refractivity (Wildman–Crippen MR) is 70.5 cm³/mol. The van der Waals surface area contributed by atoms with Gasteiger partial charge in [-0.25, -0.2) is 4.98 Å². The SMILES string of the molecule is Cc1ccc(N2CCC(N3CCCC3=O)C2)nc1. The molecule has 96 valence electrons. The lowest BCUT2D eigenvalue weighted by Crippen LogP contribution is -2.38. The van der Waals surface area contributed by atoms with Gasteiger partial charge in [0.1, 0.15) is 5.82 Å². The summed E-state index contributed by atoms with van der Waals surface area (Å²) in [6, 6.07) is 4.56. The summed E-state index contributed by atoms with van der Waals surface area (Å²) < 4.78 is 0. The molecule has 0 bridgehead atoms. The van der Waals surface area contributed by atoms with E-state index in [1.54, 1.807) is 0 Å². The molecule has 1 atom stereocenters. The van der Waals surface area contributed by atoms with Crippen molar-refractivity contribution in [3.05, 3.63) is 23.9 Å². The maximum atomic E-state index is 11.7. The third-order valence-electron chi connectivity index (χ3n) is 3.93. The van der Waals surface area contributed by atoms with Crippen molar-refractivity contribution in [2.75, 3.05) is 24.5 Å². The largest absolute Gasteiger partial charge is 0.354 e. The molecule has 2 saturated heterocycles. The second kappa shape index (κ2) is 4.59. The summed E-state index contributed by atoms with van der Waals surface area (Å²) in [7, 11) is 0. The fraction of sp³-hybridized carbons (Fsp3) is 0.571. The van der Waals surface area contributed by atoms with Gasteiger partial charge in [0.25, 0.3) is 0 Å². The Morgan fingerprint density at radius 1 is 1.33 bits per heavy atom. The van der Waals surface area contributed by atoms with E-state index in [1.807, 2.05) is 13.1 Å². The van der Waals surface area contributed by atoms with E-state index in [2.05, 4.69) is 26.9 Å². The van der Waals surface area contributed by atoms with Gasteiger partial charge in [-0.15, -0.1) is 0 Å². The van der Waals surface area contributed by atoms with E-state index in [9.17, 15) is 4.79 Å². The number of amides is 1. The Morgan fingerprint density at radius 3 is 2.89 bits per heavy atom. The monoisotopic (exact) mass is 245 g/mol. The molecule has 2 aliphatic heterocycles. The summed E-state index contributed by atoms with van der Waals surface area (Å²) in [5, 5.41) is 0. The molecule has 2 aliphatic rings. The molecule has 1 unspecified atom stereocenters. The Balaban J connectivity index is 1.68. The summed E-state index contributed by atoms with van der Waals surface area (Å²) in [5.41, 5.74) is 1.18. The van der Waals surface area contributed by atoms with Crippen LogP contribution in [0.1, 0.15) is 24.8 Å². The average molecular weight is 245 g/mol. The number of carbonyl (C=O) groups is 1. The van der Waals surface area contributed by atoms with E-state index < -0.39 is 0 Å². The smallest absolute Gasteiger partial charge is 0.222 e. The number of aromatic nitrogens is 1. The summed E-state index contributed by atoms with van der Waals surface area (Å²) >= 11 is 0. The van der Waals surface area contributed by atoms with Gasteiger partial charge in [-0.2, -0.15) is 0 Å². The van der Waals surface area contributed by atoms with Crippen LogP contribution in [-0.4, -0.2) is 41.5 Å². The van der Waals surface area contributed by atoms with Crippen LogP contribution < -0.4 is 4.90 Å². The van der Waals surface area contributed by atoms with E-state index in [-0.39, 0.29) is 0 Å². The van der Waals surface area contributed by atoms with Gasteiger partial charge in [0, 0.05) is 32.3 Å². The molecule has 18 heavy (non-hydrogen) atoms. The van der Waals surface area contributed by atoms with Crippen LogP contribution in [-0.2, 0) is 4.79 Å². The van der Waals surface area contributed by atoms with Crippen molar-refractivity contribution in [1.82, 2.24) is 9.88 Å². The first kappa shape index (κ1) is 11.5. The molecule has 3 rings (SSSR count). The topological polar surface area (TPSA) is 36.4 Å². The first-order valence-electron chi connectivity index (χ1n) is 6.71. The minimum atomic E-state index is 0.332. The van der Waals surface area contributed by atoms with Crippen LogP contribution in [0, 0.1) is 6.92 Å². The van der Waals surface area contributed by atoms with Crippen LogP contribution in [0.5, 0.6) is 0 Å². The van der Waals surface area contributed by atoms with Crippen LogP contribution in [0.2, 0.25) is 0 Å². The van der Waals surface area contributed by atoms with Crippen LogP contribution >= 0.6 is 0 Å². The Bertz CT molecular complexity index is 443. The van der Waals surface area contributed by atoms with Gasteiger partial charge in [-0.1, -0.05) is 6.07 Å². The van der Waals surface area contributed by atoms with Crippen molar-refractivity contribution in [2.45, 2.75) is 32.2 Å². The zero-order valence-electron chi connectivity index (χ0n) is 10.8. The minimum absolute atomic E-state index is 0.332. The van der Waals surface area contributed by atoms with Crippen molar-refractivity contribution < 1.29 is 4.79 Å². The van der Waals surface area contributed by atoms with Gasteiger partial charge >= 0.3 is 0 Å². The Hall–Kier alpha value is -1.58. The second-order valence-electron chi connectivity index (χ2n) is 5.27. The molecule has 0 saturated carbocycles. The number of pyridine rings is 1. The van der Waals surface area contributed by atoms with Crippen LogP contribution in [0.15, 0.2) is 18.3 Å². The lowest BCUT2D eigenvalue weighted by atomic mass is 10.2. The van der Waals surface area contributed by atoms with Crippen molar-refractivity contribution in [3.8, 4) is 0 Å². The van der Waals surface area contributed by atoms with Gasteiger partial charge in [0.2, 0.25) is 5.91 Å². The highest BCUT2D eigenvalue weighted by molar-refractivity contribution is 5.78. The van der Waals surface area contributed by atoms with Gasteiger partial charge in [0.05, 0.1) is 6.04 Å². The molecule has 4 nitrogen and oxygen atoms in total. The fourth-order valence-electron chi connectivity index (χ4n) is 2.91. The number of aryl methyl sites for hydroxylation is 1. The molecule has 2 fully saturated rings. The maximum absolute atomic E-state index is 11.7. The third kappa shape index (κ3) is 2.07. The Labute approximate surface area is 108 Å². The van der Waals surface area contributed by atoms with E-state index in [1.165, 1.54) is 5.56 Å². The van der Waals surface area contributed by atoms with Crippen molar-refractivity contribution in [3.63, 3.8) is 0 Å².